The van der Waals surface area contributed by atoms with E-state index in [1.807, 2.05) is 13.8 Å². The lowest BCUT2D eigenvalue weighted by Crippen LogP contribution is -2.42. The van der Waals surface area contributed by atoms with Crippen molar-refractivity contribution in [2.24, 2.45) is 16.9 Å². The van der Waals surface area contributed by atoms with Crippen LogP contribution in [0.2, 0.25) is 0 Å². The fourth-order valence-corrected chi connectivity index (χ4v) is 1.07. The van der Waals surface area contributed by atoms with Crippen molar-refractivity contribution < 1.29 is 4.79 Å². The quantitative estimate of drug-likeness (QED) is 0.504. The minimum Gasteiger partial charge on any atom is -0.368 e. The SMILES string of the molecule is CC1(C)C[C@@]1(N)C(N)=O. The van der Waals surface area contributed by atoms with Gasteiger partial charge in [0.05, 0.1) is 0 Å². The monoisotopic (exact) mass is 128 g/mol. The number of hydrogen-bond acceptors (Lipinski definition) is 2. The second-order valence-electron chi connectivity index (χ2n) is 3.40. The summed E-state index contributed by atoms with van der Waals surface area (Å²) in [5.74, 6) is -0.382. The third-order valence-corrected chi connectivity index (χ3v) is 2.24. The average Bonchev–Trinajstić information content (AvgIpc) is 2.08. The highest BCUT2D eigenvalue weighted by atomic mass is 16.1. The van der Waals surface area contributed by atoms with Crippen LogP contribution in [0.5, 0.6) is 0 Å². The minimum atomic E-state index is -0.715. The molecule has 1 amide bonds. The fraction of sp³-hybridized carbons (Fsp3) is 0.833. The van der Waals surface area contributed by atoms with Crippen molar-refractivity contribution in [3.63, 3.8) is 0 Å². The maximum Gasteiger partial charge on any atom is 0.238 e. The van der Waals surface area contributed by atoms with Crippen LogP contribution in [0.4, 0.5) is 0 Å². The molecule has 0 aromatic carbocycles. The van der Waals surface area contributed by atoms with Crippen molar-refractivity contribution in [1.82, 2.24) is 0 Å². The van der Waals surface area contributed by atoms with Crippen molar-refractivity contribution in [3.05, 3.63) is 0 Å². The first kappa shape index (κ1) is 6.55. The van der Waals surface area contributed by atoms with E-state index < -0.39 is 5.54 Å². The third kappa shape index (κ3) is 0.645. The summed E-state index contributed by atoms with van der Waals surface area (Å²) in [7, 11) is 0. The maximum absolute atomic E-state index is 10.6. The van der Waals surface area contributed by atoms with Crippen molar-refractivity contribution in [2.45, 2.75) is 25.8 Å². The smallest absolute Gasteiger partial charge is 0.238 e. The summed E-state index contributed by atoms with van der Waals surface area (Å²) < 4.78 is 0. The zero-order chi connectivity index (χ0) is 7.28. The van der Waals surface area contributed by atoms with Crippen LogP contribution in [0.1, 0.15) is 20.3 Å². The zero-order valence-corrected chi connectivity index (χ0v) is 5.77. The molecule has 1 rings (SSSR count). The van der Waals surface area contributed by atoms with E-state index in [9.17, 15) is 4.79 Å². The first-order chi connectivity index (χ1) is 3.90. The van der Waals surface area contributed by atoms with E-state index in [4.69, 9.17) is 11.5 Å². The van der Waals surface area contributed by atoms with Crippen LogP contribution in [-0.4, -0.2) is 11.4 Å². The van der Waals surface area contributed by atoms with E-state index in [-0.39, 0.29) is 11.3 Å². The first-order valence-corrected chi connectivity index (χ1v) is 2.99. The molecule has 0 radical (unpaired) electrons. The molecular formula is C6H12N2O. The molecule has 3 heteroatoms. The lowest BCUT2D eigenvalue weighted by Gasteiger charge is -2.08. The van der Waals surface area contributed by atoms with Crippen molar-refractivity contribution in [3.8, 4) is 0 Å². The van der Waals surface area contributed by atoms with Gasteiger partial charge < -0.3 is 11.5 Å². The molecule has 1 aliphatic carbocycles. The molecule has 0 heterocycles. The van der Waals surface area contributed by atoms with E-state index in [1.165, 1.54) is 0 Å². The number of nitrogens with two attached hydrogens (primary N) is 2. The average molecular weight is 128 g/mol. The van der Waals surface area contributed by atoms with Crippen LogP contribution < -0.4 is 11.5 Å². The zero-order valence-electron chi connectivity index (χ0n) is 5.77. The van der Waals surface area contributed by atoms with Gasteiger partial charge in [-0.1, -0.05) is 13.8 Å². The second-order valence-corrected chi connectivity index (χ2v) is 3.40. The number of carbonyl (C=O) groups excluding carboxylic acids is 1. The normalized spacial score (nSPS) is 38.1. The summed E-state index contributed by atoms with van der Waals surface area (Å²) in [4.78, 5) is 10.6. The van der Waals surface area contributed by atoms with Gasteiger partial charge in [-0.15, -0.1) is 0 Å². The Hall–Kier alpha value is -0.570. The predicted molar refractivity (Wildman–Crippen MR) is 34.5 cm³/mol. The topological polar surface area (TPSA) is 69.1 Å². The largest absolute Gasteiger partial charge is 0.368 e. The van der Waals surface area contributed by atoms with Gasteiger partial charge in [0.1, 0.15) is 5.54 Å². The standard InChI is InChI=1S/C6H12N2O/c1-5(2)3-6(5,8)4(7)9/h3,8H2,1-2H3,(H2,7,9)/t6-/m1/s1. The van der Waals surface area contributed by atoms with Crippen LogP contribution in [-0.2, 0) is 4.79 Å². The summed E-state index contributed by atoms with van der Waals surface area (Å²) in [6, 6.07) is 0. The Labute approximate surface area is 54.4 Å². The van der Waals surface area contributed by atoms with Gasteiger partial charge >= 0.3 is 0 Å². The van der Waals surface area contributed by atoms with Crippen LogP contribution >= 0.6 is 0 Å². The highest BCUT2D eigenvalue weighted by Crippen LogP contribution is 2.53. The van der Waals surface area contributed by atoms with Crippen molar-refractivity contribution in [1.29, 1.82) is 0 Å². The summed E-state index contributed by atoms with van der Waals surface area (Å²) in [6.07, 6.45) is 0.718. The molecule has 0 unspecified atom stereocenters. The molecule has 1 saturated carbocycles. The van der Waals surface area contributed by atoms with Crippen molar-refractivity contribution in [2.75, 3.05) is 0 Å². The minimum absolute atomic E-state index is 0.0706. The van der Waals surface area contributed by atoms with Crippen LogP contribution in [0.3, 0.4) is 0 Å². The predicted octanol–water partition coefficient (Wildman–Crippen LogP) is -0.401. The number of hydrogen-bond donors (Lipinski definition) is 2. The highest BCUT2D eigenvalue weighted by molar-refractivity contribution is 5.89. The number of rotatable bonds is 1. The highest BCUT2D eigenvalue weighted by Gasteiger charge is 2.62. The second kappa shape index (κ2) is 1.29. The molecule has 9 heavy (non-hydrogen) atoms. The molecule has 52 valence electrons. The van der Waals surface area contributed by atoms with Crippen LogP contribution in [0.15, 0.2) is 0 Å². The molecule has 0 spiro atoms. The molecule has 0 bridgehead atoms. The van der Waals surface area contributed by atoms with E-state index in [0.29, 0.717) is 0 Å². The van der Waals surface area contributed by atoms with E-state index in [1.54, 1.807) is 0 Å². The summed E-state index contributed by atoms with van der Waals surface area (Å²) in [5.41, 5.74) is 9.85. The van der Waals surface area contributed by atoms with Gasteiger partial charge in [0, 0.05) is 0 Å². The van der Waals surface area contributed by atoms with Crippen LogP contribution in [0, 0.1) is 5.41 Å². The summed E-state index contributed by atoms with van der Waals surface area (Å²) in [5, 5.41) is 0. The molecular weight excluding hydrogens is 116 g/mol. The molecule has 0 saturated heterocycles. The number of carbonyl (C=O) groups is 1. The van der Waals surface area contributed by atoms with Crippen LogP contribution in [0.25, 0.3) is 0 Å². The van der Waals surface area contributed by atoms with E-state index >= 15 is 0 Å². The third-order valence-electron chi connectivity index (χ3n) is 2.24. The molecule has 0 aliphatic heterocycles. The summed E-state index contributed by atoms with van der Waals surface area (Å²) >= 11 is 0. The number of primary amides is 1. The maximum atomic E-state index is 10.6. The molecule has 1 aliphatic rings. The van der Waals surface area contributed by atoms with Gasteiger partial charge in [0.25, 0.3) is 0 Å². The molecule has 1 fully saturated rings. The lowest BCUT2D eigenvalue weighted by molar-refractivity contribution is -0.120. The van der Waals surface area contributed by atoms with Gasteiger partial charge in [0.15, 0.2) is 0 Å². The Kier molecular flexibility index (Phi) is 0.939. The molecule has 1 atom stereocenters. The first-order valence-electron chi connectivity index (χ1n) is 2.99. The van der Waals surface area contributed by atoms with Gasteiger partial charge in [0.2, 0.25) is 5.91 Å². The van der Waals surface area contributed by atoms with Gasteiger partial charge in [-0.05, 0) is 11.8 Å². The van der Waals surface area contributed by atoms with E-state index in [0.717, 1.165) is 6.42 Å². The molecule has 4 N–H and O–H groups in total. The van der Waals surface area contributed by atoms with Gasteiger partial charge in [-0.3, -0.25) is 4.79 Å². The Morgan fingerprint density at radius 1 is 1.56 bits per heavy atom. The van der Waals surface area contributed by atoms with Crippen molar-refractivity contribution >= 4 is 5.91 Å². The molecule has 3 nitrogen and oxygen atoms in total. The van der Waals surface area contributed by atoms with E-state index in [2.05, 4.69) is 0 Å². The Bertz CT molecular complexity index is 164. The Balaban J connectivity index is 2.74. The lowest BCUT2D eigenvalue weighted by atomic mass is 10.1. The van der Waals surface area contributed by atoms with Gasteiger partial charge in [-0.25, -0.2) is 0 Å². The molecule has 0 aromatic rings. The Morgan fingerprint density at radius 3 is 1.89 bits per heavy atom. The fourth-order valence-electron chi connectivity index (χ4n) is 1.07. The Morgan fingerprint density at radius 2 is 1.89 bits per heavy atom. The summed E-state index contributed by atoms with van der Waals surface area (Å²) in [6.45, 7) is 3.88. The number of amides is 1. The molecule has 0 aromatic heterocycles. The van der Waals surface area contributed by atoms with Gasteiger partial charge in [-0.2, -0.15) is 0 Å².